The van der Waals surface area contributed by atoms with E-state index < -0.39 is 0 Å². The van der Waals surface area contributed by atoms with Crippen LogP contribution in [0.1, 0.15) is 103 Å². The predicted molar refractivity (Wildman–Crippen MR) is 93.4 cm³/mol. The van der Waals surface area contributed by atoms with E-state index in [2.05, 4.69) is 0 Å². The maximum absolute atomic E-state index is 5.23. The maximum Gasteiger partial charge on any atom is 0.0810 e. The largest absolute Gasteiger partial charge is 0.373 e. The molecule has 22 heavy (non-hydrogen) atoms. The average Bonchev–Trinajstić information content (AvgIpc) is 3.41. The Labute approximate surface area is 138 Å². The molecule has 2 heterocycles. The van der Waals surface area contributed by atoms with Crippen LogP contribution in [0.2, 0.25) is 0 Å². The van der Waals surface area contributed by atoms with Crippen LogP contribution in [-0.4, -0.2) is 25.4 Å². The van der Waals surface area contributed by atoms with E-state index >= 15 is 0 Å². The summed E-state index contributed by atoms with van der Waals surface area (Å²) in [5.41, 5.74) is 0. The van der Waals surface area contributed by atoms with Gasteiger partial charge in [0.05, 0.1) is 25.4 Å². The summed E-state index contributed by atoms with van der Waals surface area (Å²) in [4.78, 5) is 0. The monoisotopic (exact) mass is 310 g/mol. The summed E-state index contributed by atoms with van der Waals surface area (Å²) in [5.74, 6) is 0. The summed E-state index contributed by atoms with van der Waals surface area (Å²) in [6.45, 7) is 2.07. The van der Waals surface area contributed by atoms with Crippen LogP contribution in [0.4, 0.5) is 0 Å². The fourth-order valence-electron chi connectivity index (χ4n) is 3.33. The topological polar surface area (TPSA) is 25.1 Å². The predicted octanol–water partition coefficient (Wildman–Crippen LogP) is 6.03. The van der Waals surface area contributed by atoms with Gasteiger partial charge in [0.25, 0.3) is 0 Å². The van der Waals surface area contributed by atoms with Gasteiger partial charge in [-0.15, -0.1) is 0 Å². The maximum atomic E-state index is 5.23. The van der Waals surface area contributed by atoms with Gasteiger partial charge in [-0.05, 0) is 12.8 Å². The standard InChI is InChI=1S/C20H38O2/c1(3-5-7-9-11-13-15-19-17-21-19)2-4-6-8-10-12-14-16-20-18-22-20/h19-20H,1-18H2. The van der Waals surface area contributed by atoms with Gasteiger partial charge in [0.15, 0.2) is 0 Å². The van der Waals surface area contributed by atoms with Crippen LogP contribution < -0.4 is 0 Å². The van der Waals surface area contributed by atoms with Gasteiger partial charge < -0.3 is 9.47 Å². The van der Waals surface area contributed by atoms with Crippen molar-refractivity contribution in [3.05, 3.63) is 0 Å². The van der Waals surface area contributed by atoms with Gasteiger partial charge in [0.2, 0.25) is 0 Å². The summed E-state index contributed by atoms with van der Waals surface area (Å²) in [7, 11) is 0. The minimum absolute atomic E-state index is 0.646. The first-order chi connectivity index (χ1) is 10.9. The summed E-state index contributed by atoms with van der Waals surface area (Å²) in [5, 5.41) is 0. The van der Waals surface area contributed by atoms with Gasteiger partial charge in [-0.1, -0.05) is 89.9 Å². The lowest BCUT2D eigenvalue weighted by molar-refractivity contribution is 0.387. The number of epoxide rings is 2. The van der Waals surface area contributed by atoms with Crippen molar-refractivity contribution in [3.8, 4) is 0 Å². The van der Waals surface area contributed by atoms with Crippen LogP contribution in [0.15, 0.2) is 0 Å². The molecule has 130 valence electrons. The van der Waals surface area contributed by atoms with Gasteiger partial charge in [0.1, 0.15) is 0 Å². The molecule has 2 unspecified atom stereocenters. The molecule has 2 heteroatoms. The minimum Gasteiger partial charge on any atom is -0.373 e. The molecule has 0 aliphatic carbocycles. The van der Waals surface area contributed by atoms with E-state index in [1.54, 1.807) is 0 Å². The number of hydrogen-bond donors (Lipinski definition) is 0. The van der Waals surface area contributed by atoms with Gasteiger partial charge >= 0.3 is 0 Å². The zero-order chi connectivity index (χ0) is 15.3. The highest BCUT2D eigenvalue weighted by atomic mass is 16.6. The average molecular weight is 311 g/mol. The second-order valence-electron chi connectivity index (χ2n) is 7.44. The third kappa shape index (κ3) is 11.5. The zero-order valence-corrected chi connectivity index (χ0v) is 14.7. The SMILES string of the molecule is C(CCCCCCCCC1CO1)CCCCCCCC1CO1. The van der Waals surface area contributed by atoms with Crippen molar-refractivity contribution in [3.63, 3.8) is 0 Å². The molecule has 2 rings (SSSR count). The van der Waals surface area contributed by atoms with Crippen LogP contribution >= 0.6 is 0 Å². The molecule has 0 N–H and O–H groups in total. The second-order valence-corrected chi connectivity index (χ2v) is 7.44. The molecule has 0 aromatic rings. The molecular formula is C20H38O2. The quantitative estimate of drug-likeness (QED) is 0.242. The lowest BCUT2D eigenvalue weighted by atomic mass is 10.0. The smallest absolute Gasteiger partial charge is 0.0810 e. The molecule has 2 fully saturated rings. The van der Waals surface area contributed by atoms with Crippen LogP contribution in [0, 0.1) is 0 Å². The Balaban J connectivity index is 1.16. The molecule has 0 amide bonds. The normalized spacial score (nSPS) is 22.9. The molecule has 0 aromatic heterocycles. The molecule has 2 nitrogen and oxygen atoms in total. The first kappa shape index (κ1) is 18.3. The molecule has 0 radical (unpaired) electrons. The second kappa shape index (κ2) is 12.4. The number of ether oxygens (including phenoxy) is 2. The highest BCUT2D eigenvalue weighted by Crippen LogP contribution is 2.19. The van der Waals surface area contributed by atoms with Gasteiger partial charge in [0, 0.05) is 0 Å². The van der Waals surface area contributed by atoms with Crippen LogP contribution in [-0.2, 0) is 9.47 Å². The van der Waals surface area contributed by atoms with Gasteiger partial charge in [-0.25, -0.2) is 0 Å². The fourth-order valence-corrected chi connectivity index (χ4v) is 3.33. The van der Waals surface area contributed by atoms with E-state index in [0.717, 1.165) is 13.2 Å². The van der Waals surface area contributed by atoms with Crippen molar-refractivity contribution in [1.82, 2.24) is 0 Å². The summed E-state index contributed by atoms with van der Waals surface area (Å²) in [6.07, 6.45) is 24.1. The number of hydrogen-bond acceptors (Lipinski definition) is 2. The van der Waals surface area contributed by atoms with E-state index in [1.807, 2.05) is 0 Å². The Morgan fingerprint density at radius 1 is 0.409 bits per heavy atom. The van der Waals surface area contributed by atoms with Gasteiger partial charge in [-0.2, -0.15) is 0 Å². The molecule has 2 saturated heterocycles. The highest BCUT2D eigenvalue weighted by Gasteiger charge is 2.21. The Kier molecular flexibility index (Phi) is 10.3. The minimum atomic E-state index is 0.646. The highest BCUT2D eigenvalue weighted by molar-refractivity contribution is 4.68. The third-order valence-corrected chi connectivity index (χ3v) is 5.11. The Bertz CT molecular complexity index is 220. The van der Waals surface area contributed by atoms with Crippen LogP contribution in [0.3, 0.4) is 0 Å². The van der Waals surface area contributed by atoms with E-state index in [0.29, 0.717) is 12.2 Å². The molecular weight excluding hydrogens is 272 g/mol. The lowest BCUT2D eigenvalue weighted by Crippen LogP contribution is -1.87. The van der Waals surface area contributed by atoms with E-state index in [9.17, 15) is 0 Å². The molecule has 0 spiro atoms. The summed E-state index contributed by atoms with van der Waals surface area (Å²) in [6, 6.07) is 0. The van der Waals surface area contributed by atoms with Crippen molar-refractivity contribution >= 4 is 0 Å². The first-order valence-electron chi connectivity index (χ1n) is 10.2. The summed E-state index contributed by atoms with van der Waals surface area (Å²) < 4.78 is 10.5. The molecule has 0 saturated carbocycles. The van der Waals surface area contributed by atoms with Crippen molar-refractivity contribution in [2.24, 2.45) is 0 Å². The fraction of sp³-hybridized carbons (Fsp3) is 1.00. The number of rotatable bonds is 17. The van der Waals surface area contributed by atoms with Crippen molar-refractivity contribution in [1.29, 1.82) is 0 Å². The zero-order valence-electron chi connectivity index (χ0n) is 14.7. The summed E-state index contributed by atoms with van der Waals surface area (Å²) >= 11 is 0. The van der Waals surface area contributed by atoms with Crippen LogP contribution in [0.5, 0.6) is 0 Å². The number of unbranched alkanes of at least 4 members (excludes halogenated alkanes) is 13. The van der Waals surface area contributed by atoms with Crippen molar-refractivity contribution in [2.45, 2.75) is 115 Å². The van der Waals surface area contributed by atoms with Gasteiger partial charge in [-0.3, -0.25) is 0 Å². The Hall–Kier alpha value is -0.0800. The van der Waals surface area contributed by atoms with Crippen molar-refractivity contribution in [2.75, 3.05) is 13.2 Å². The molecule has 2 aliphatic heterocycles. The van der Waals surface area contributed by atoms with Crippen molar-refractivity contribution < 1.29 is 9.47 Å². The molecule has 0 bridgehead atoms. The third-order valence-electron chi connectivity index (χ3n) is 5.11. The molecule has 2 atom stereocenters. The Morgan fingerprint density at radius 2 is 0.636 bits per heavy atom. The Morgan fingerprint density at radius 3 is 0.864 bits per heavy atom. The van der Waals surface area contributed by atoms with Crippen LogP contribution in [0.25, 0.3) is 0 Å². The lowest BCUT2D eigenvalue weighted by Gasteiger charge is -2.03. The van der Waals surface area contributed by atoms with E-state index in [-0.39, 0.29) is 0 Å². The first-order valence-corrected chi connectivity index (χ1v) is 10.2. The molecule has 2 aliphatic rings. The molecule has 0 aromatic carbocycles. The van der Waals surface area contributed by atoms with E-state index in [1.165, 1.54) is 103 Å². The van der Waals surface area contributed by atoms with E-state index in [4.69, 9.17) is 9.47 Å².